The fourth-order valence-electron chi connectivity index (χ4n) is 2.63. The molecule has 1 atom stereocenters. The zero-order valence-corrected chi connectivity index (χ0v) is 11.3. The van der Waals surface area contributed by atoms with Crippen LogP contribution in [0.5, 0.6) is 0 Å². The molecule has 2 N–H and O–H groups in total. The average molecular weight is 265 g/mol. The van der Waals surface area contributed by atoms with Gasteiger partial charge in [-0.3, -0.25) is 0 Å². The van der Waals surface area contributed by atoms with E-state index in [0.717, 1.165) is 21.9 Å². The predicted octanol–water partition coefficient (Wildman–Crippen LogP) is 4.20. The van der Waals surface area contributed by atoms with Crippen molar-refractivity contribution in [2.75, 3.05) is 0 Å². The lowest BCUT2D eigenvalue weighted by Gasteiger charge is -2.27. The van der Waals surface area contributed by atoms with Gasteiger partial charge in [0.2, 0.25) is 0 Å². The maximum atomic E-state index is 13.1. The molecule has 0 spiro atoms. The topological polar surface area (TPSA) is 26.0 Å². The van der Waals surface area contributed by atoms with Crippen LogP contribution in [0.15, 0.2) is 66.7 Å². The third-order valence-electron chi connectivity index (χ3n) is 3.79. The molecular weight excluding hydrogens is 249 g/mol. The molecule has 0 aliphatic carbocycles. The van der Waals surface area contributed by atoms with E-state index in [-0.39, 0.29) is 5.82 Å². The molecule has 3 aromatic rings. The summed E-state index contributed by atoms with van der Waals surface area (Å²) in [7, 11) is 0. The van der Waals surface area contributed by atoms with Crippen LogP contribution in [0.3, 0.4) is 0 Å². The van der Waals surface area contributed by atoms with Crippen molar-refractivity contribution >= 4 is 10.8 Å². The highest BCUT2D eigenvalue weighted by molar-refractivity contribution is 5.87. The second-order valence-corrected chi connectivity index (χ2v) is 5.24. The molecule has 0 bridgehead atoms. The highest BCUT2D eigenvalue weighted by Crippen LogP contribution is 2.32. The number of hydrogen-bond acceptors (Lipinski definition) is 1. The minimum atomic E-state index is -0.658. The van der Waals surface area contributed by atoms with Crippen molar-refractivity contribution in [1.82, 2.24) is 0 Å². The number of nitrogens with two attached hydrogens (primary N) is 1. The molecular formula is C18H16FN. The monoisotopic (exact) mass is 265 g/mol. The van der Waals surface area contributed by atoms with Crippen molar-refractivity contribution in [2.24, 2.45) is 5.73 Å². The number of halogens is 1. The molecule has 0 aromatic heterocycles. The van der Waals surface area contributed by atoms with Crippen LogP contribution in [0, 0.1) is 5.82 Å². The van der Waals surface area contributed by atoms with Gasteiger partial charge in [0.15, 0.2) is 0 Å². The molecule has 0 heterocycles. The standard InChI is InChI=1S/C18H16FN/c1-18(20,14-9-11-15(19)12-10-14)17-8-4-6-13-5-2-3-7-16(13)17/h2-12H,20H2,1H3. The molecule has 0 saturated heterocycles. The van der Waals surface area contributed by atoms with E-state index in [1.807, 2.05) is 31.2 Å². The molecule has 2 heteroatoms. The molecule has 3 aromatic carbocycles. The lowest BCUT2D eigenvalue weighted by Crippen LogP contribution is -2.34. The van der Waals surface area contributed by atoms with E-state index in [0.29, 0.717) is 0 Å². The molecule has 0 aliphatic heterocycles. The minimum absolute atomic E-state index is 0.248. The van der Waals surface area contributed by atoms with Crippen LogP contribution < -0.4 is 5.73 Å². The van der Waals surface area contributed by atoms with Crippen LogP contribution in [0.1, 0.15) is 18.1 Å². The third-order valence-corrected chi connectivity index (χ3v) is 3.79. The molecule has 20 heavy (non-hydrogen) atoms. The van der Waals surface area contributed by atoms with E-state index in [2.05, 4.69) is 18.2 Å². The second-order valence-electron chi connectivity index (χ2n) is 5.24. The molecule has 0 aliphatic rings. The Labute approximate surface area is 117 Å². The molecule has 0 amide bonds. The molecule has 0 saturated carbocycles. The van der Waals surface area contributed by atoms with Crippen molar-refractivity contribution in [3.63, 3.8) is 0 Å². The summed E-state index contributed by atoms with van der Waals surface area (Å²) in [6, 6.07) is 20.7. The first-order valence-corrected chi connectivity index (χ1v) is 6.62. The maximum absolute atomic E-state index is 13.1. The van der Waals surface area contributed by atoms with Crippen LogP contribution >= 0.6 is 0 Å². The summed E-state index contributed by atoms with van der Waals surface area (Å²) < 4.78 is 13.1. The Morgan fingerprint density at radius 1 is 0.850 bits per heavy atom. The zero-order chi connectivity index (χ0) is 14.2. The average Bonchev–Trinajstić information content (AvgIpc) is 2.47. The number of fused-ring (bicyclic) bond motifs is 1. The van der Waals surface area contributed by atoms with Crippen molar-refractivity contribution in [2.45, 2.75) is 12.5 Å². The van der Waals surface area contributed by atoms with Crippen molar-refractivity contribution in [3.05, 3.63) is 83.7 Å². The summed E-state index contributed by atoms with van der Waals surface area (Å²) in [5.74, 6) is -0.248. The highest BCUT2D eigenvalue weighted by atomic mass is 19.1. The van der Waals surface area contributed by atoms with Crippen molar-refractivity contribution < 1.29 is 4.39 Å². The summed E-state index contributed by atoms with van der Waals surface area (Å²) >= 11 is 0. The largest absolute Gasteiger partial charge is 0.318 e. The molecule has 100 valence electrons. The van der Waals surface area contributed by atoms with Gasteiger partial charge in [-0.2, -0.15) is 0 Å². The Hall–Kier alpha value is -2.19. The van der Waals surface area contributed by atoms with Gasteiger partial charge < -0.3 is 5.73 Å². The summed E-state index contributed by atoms with van der Waals surface area (Å²) in [6.45, 7) is 1.96. The number of rotatable bonds is 2. The number of hydrogen-bond donors (Lipinski definition) is 1. The van der Waals surface area contributed by atoms with Gasteiger partial charge in [-0.15, -0.1) is 0 Å². The van der Waals surface area contributed by atoms with E-state index in [4.69, 9.17) is 5.73 Å². The SMILES string of the molecule is CC(N)(c1ccc(F)cc1)c1cccc2ccccc12. The molecule has 0 fully saturated rings. The minimum Gasteiger partial charge on any atom is -0.318 e. The van der Waals surface area contributed by atoms with E-state index in [1.54, 1.807) is 12.1 Å². The molecule has 1 unspecified atom stereocenters. The highest BCUT2D eigenvalue weighted by Gasteiger charge is 2.25. The Bertz CT molecular complexity index is 739. The fourth-order valence-corrected chi connectivity index (χ4v) is 2.63. The van der Waals surface area contributed by atoms with Gasteiger partial charge in [0.1, 0.15) is 5.82 Å². The van der Waals surface area contributed by atoms with Crippen LogP contribution in [-0.2, 0) is 5.54 Å². The van der Waals surface area contributed by atoms with Crippen LogP contribution in [-0.4, -0.2) is 0 Å². The lowest BCUT2D eigenvalue weighted by molar-refractivity contribution is 0.597. The fraction of sp³-hybridized carbons (Fsp3) is 0.111. The molecule has 3 rings (SSSR count). The summed E-state index contributed by atoms with van der Waals surface area (Å²) in [5, 5.41) is 2.29. The molecule has 0 radical (unpaired) electrons. The van der Waals surface area contributed by atoms with Gasteiger partial charge in [-0.05, 0) is 41.0 Å². The Morgan fingerprint density at radius 3 is 2.25 bits per heavy atom. The van der Waals surface area contributed by atoms with Crippen molar-refractivity contribution in [1.29, 1.82) is 0 Å². The molecule has 1 nitrogen and oxygen atoms in total. The summed E-state index contributed by atoms with van der Waals surface area (Å²) in [5.41, 5.74) is 7.84. The van der Waals surface area contributed by atoms with Gasteiger partial charge in [0.25, 0.3) is 0 Å². The van der Waals surface area contributed by atoms with E-state index in [9.17, 15) is 4.39 Å². The lowest BCUT2D eigenvalue weighted by atomic mass is 9.83. The van der Waals surface area contributed by atoms with Gasteiger partial charge in [-0.1, -0.05) is 54.6 Å². The van der Waals surface area contributed by atoms with E-state index >= 15 is 0 Å². The third kappa shape index (κ3) is 2.08. The second kappa shape index (κ2) is 4.73. The first-order valence-electron chi connectivity index (χ1n) is 6.62. The number of benzene rings is 3. The van der Waals surface area contributed by atoms with E-state index in [1.165, 1.54) is 12.1 Å². The van der Waals surface area contributed by atoms with Crippen LogP contribution in [0.25, 0.3) is 10.8 Å². The normalized spacial score (nSPS) is 14.2. The predicted molar refractivity (Wildman–Crippen MR) is 81.0 cm³/mol. The Balaban J connectivity index is 2.20. The van der Waals surface area contributed by atoms with Crippen molar-refractivity contribution in [3.8, 4) is 0 Å². The van der Waals surface area contributed by atoms with Crippen LogP contribution in [0.4, 0.5) is 4.39 Å². The maximum Gasteiger partial charge on any atom is 0.123 e. The van der Waals surface area contributed by atoms with Gasteiger partial charge in [0.05, 0.1) is 5.54 Å². The Morgan fingerprint density at radius 2 is 1.50 bits per heavy atom. The van der Waals surface area contributed by atoms with Gasteiger partial charge in [-0.25, -0.2) is 4.39 Å². The van der Waals surface area contributed by atoms with Gasteiger partial charge in [0, 0.05) is 0 Å². The van der Waals surface area contributed by atoms with E-state index < -0.39 is 5.54 Å². The zero-order valence-electron chi connectivity index (χ0n) is 11.3. The Kier molecular flexibility index (Phi) is 3.03. The smallest absolute Gasteiger partial charge is 0.123 e. The first-order chi connectivity index (χ1) is 9.59. The summed E-state index contributed by atoms with van der Waals surface area (Å²) in [4.78, 5) is 0. The quantitative estimate of drug-likeness (QED) is 0.738. The first kappa shape index (κ1) is 12.8. The van der Waals surface area contributed by atoms with Crippen LogP contribution in [0.2, 0.25) is 0 Å². The van der Waals surface area contributed by atoms with Gasteiger partial charge >= 0.3 is 0 Å². The summed E-state index contributed by atoms with van der Waals surface area (Å²) in [6.07, 6.45) is 0.